The Morgan fingerprint density at radius 1 is 1.43 bits per heavy atom. The Balaban J connectivity index is 1.98. The maximum atomic E-state index is 12.3. The fourth-order valence-electron chi connectivity index (χ4n) is 3.43. The first kappa shape index (κ1) is 16.5. The number of carbonyl (C=O) groups is 1. The Labute approximate surface area is 126 Å². The molecule has 0 aromatic carbocycles. The van der Waals surface area contributed by atoms with Crippen LogP contribution in [0.5, 0.6) is 0 Å². The number of aliphatic hydroxyl groups is 2. The highest BCUT2D eigenvalue weighted by Crippen LogP contribution is 2.31. The van der Waals surface area contributed by atoms with Gasteiger partial charge < -0.3 is 14.9 Å². The summed E-state index contributed by atoms with van der Waals surface area (Å²) < 4.78 is 5.38. The maximum absolute atomic E-state index is 12.3. The summed E-state index contributed by atoms with van der Waals surface area (Å²) in [5.74, 6) is -0.994. The molecule has 0 aliphatic carbocycles. The van der Waals surface area contributed by atoms with E-state index >= 15 is 0 Å². The van der Waals surface area contributed by atoms with Gasteiger partial charge in [0, 0.05) is 13.1 Å². The molecule has 2 N–H and O–H groups in total. The summed E-state index contributed by atoms with van der Waals surface area (Å²) in [6.07, 6.45) is 2.40. The van der Waals surface area contributed by atoms with Crippen molar-refractivity contribution in [3.8, 4) is 0 Å². The van der Waals surface area contributed by atoms with E-state index in [1.54, 1.807) is 0 Å². The lowest BCUT2D eigenvalue weighted by molar-refractivity contribution is -0.176. The summed E-state index contributed by atoms with van der Waals surface area (Å²) in [6.45, 7) is 9.10. The summed E-state index contributed by atoms with van der Waals surface area (Å²) in [5.41, 5.74) is -0.518. The number of hydrogen-bond donors (Lipinski definition) is 2. The highest BCUT2D eigenvalue weighted by Gasteiger charge is 2.45. The van der Waals surface area contributed by atoms with Gasteiger partial charge in [0.05, 0.1) is 12.1 Å². The Hall–Kier alpha value is -0.910. The van der Waals surface area contributed by atoms with Crippen LogP contribution in [0.3, 0.4) is 0 Å². The second-order valence-electron chi connectivity index (χ2n) is 6.79. The van der Waals surface area contributed by atoms with E-state index in [4.69, 9.17) is 4.74 Å². The first-order valence-electron chi connectivity index (χ1n) is 7.79. The largest absolute Gasteiger partial charge is 0.459 e. The predicted molar refractivity (Wildman–Crippen MR) is 79.7 cm³/mol. The Bertz CT molecular complexity index is 422. The number of hydrogen-bond acceptors (Lipinski definition) is 5. The molecule has 0 amide bonds. The molecule has 2 heterocycles. The molecule has 2 aliphatic rings. The summed E-state index contributed by atoms with van der Waals surface area (Å²) in [5, 5.41) is 20.6. The third-order valence-electron chi connectivity index (χ3n) is 4.90. The zero-order valence-electron chi connectivity index (χ0n) is 13.4. The number of ether oxygens (including phenoxy) is 1. The molecule has 2 aliphatic heterocycles. The molecule has 0 aromatic rings. The molecular weight excluding hydrogens is 270 g/mol. The lowest BCUT2D eigenvalue weighted by Crippen LogP contribution is -2.49. The van der Waals surface area contributed by atoms with Gasteiger partial charge >= 0.3 is 5.97 Å². The topological polar surface area (TPSA) is 70.0 Å². The fourth-order valence-corrected chi connectivity index (χ4v) is 3.43. The van der Waals surface area contributed by atoms with Crippen molar-refractivity contribution in [1.29, 1.82) is 0 Å². The number of esters is 1. The monoisotopic (exact) mass is 297 g/mol. The lowest BCUT2D eigenvalue weighted by Gasteiger charge is -2.33. The van der Waals surface area contributed by atoms with Gasteiger partial charge in [0.1, 0.15) is 6.61 Å². The third kappa shape index (κ3) is 2.87. The molecule has 0 spiro atoms. The molecule has 1 fully saturated rings. The van der Waals surface area contributed by atoms with Crippen molar-refractivity contribution in [3.05, 3.63) is 11.6 Å². The van der Waals surface area contributed by atoms with Crippen molar-refractivity contribution in [2.75, 3.05) is 19.7 Å². The zero-order valence-corrected chi connectivity index (χ0v) is 13.4. The molecule has 2 unspecified atom stereocenters. The number of aliphatic hydroxyl groups excluding tert-OH is 1. The van der Waals surface area contributed by atoms with E-state index in [2.05, 4.69) is 4.90 Å². The standard InChI is InChI=1S/C16H27NO4/c1-10(2)16(20,11(3)4)15(19)21-9-12-5-7-17-8-6-13(18)14(12)17/h5,10-11,13-14,18,20H,6-9H2,1-4H3. The van der Waals surface area contributed by atoms with Crippen molar-refractivity contribution in [2.45, 2.75) is 51.9 Å². The molecule has 120 valence electrons. The molecule has 0 saturated carbocycles. The van der Waals surface area contributed by atoms with Gasteiger partial charge in [0.25, 0.3) is 0 Å². The van der Waals surface area contributed by atoms with Gasteiger partial charge in [-0.2, -0.15) is 0 Å². The van der Waals surface area contributed by atoms with E-state index in [9.17, 15) is 15.0 Å². The van der Waals surface area contributed by atoms with Gasteiger partial charge in [-0.1, -0.05) is 33.8 Å². The Morgan fingerprint density at radius 2 is 2.05 bits per heavy atom. The molecule has 0 bridgehead atoms. The van der Waals surface area contributed by atoms with Crippen LogP contribution < -0.4 is 0 Å². The van der Waals surface area contributed by atoms with Crippen LogP contribution in [-0.4, -0.2) is 58.5 Å². The smallest absolute Gasteiger partial charge is 0.338 e. The molecule has 5 nitrogen and oxygen atoms in total. The number of fused-ring (bicyclic) bond motifs is 1. The van der Waals surface area contributed by atoms with E-state index in [0.717, 1.165) is 25.1 Å². The maximum Gasteiger partial charge on any atom is 0.338 e. The van der Waals surface area contributed by atoms with Gasteiger partial charge in [-0.15, -0.1) is 0 Å². The molecule has 2 atom stereocenters. The van der Waals surface area contributed by atoms with E-state index in [1.807, 2.05) is 33.8 Å². The van der Waals surface area contributed by atoms with Crippen molar-refractivity contribution in [3.63, 3.8) is 0 Å². The van der Waals surface area contributed by atoms with Crippen molar-refractivity contribution in [2.24, 2.45) is 11.8 Å². The first-order chi connectivity index (χ1) is 9.78. The van der Waals surface area contributed by atoms with Gasteiger partial charge in [-0.05, 0) is 23.8 Å². The van der Waals surface area contributed by atoms with Gasteiger partial charge in [0.2, 0.25) is 0 Å². The molecule has 2 rings (SSSR count). The summed E-state index contributed by atoms with van der Waals surface area (Å²) in [4.78, 5) is 14.5. The van der Waals surface area contributed by atoms with E-state index in [-0.39, 0.29) is 30.6 Å². The Morgan fingerprint density at radius 3 is 2.62 bits per heavy atom. The van der Waals surface area contributed by atoms with Crippen LogP contribution >= 0.6 is 0 Å². The summed E-state index contributed by atoms with van der Waals surface area (Å²) in [7, 11) is 0. The molecule has 5 heteroatoms. The van der Waals surface area contributed by atoms with Crippen LogP contribution in [0.4, 0.5) is 0 Å². The van der Waals surface area contributed by atoms with Crippen molar-refractivity contribution < 1.29 is 19.7 Å². The van der Waals surface area contributed by atoms with Crippen molar-refractivity contribution >= 4 is 5.97 Å². The van der Waals surface area contributed by atoms with Crippen LogP contribution in [0.1, 0.15) is 34.1 Å². The number of carbonyl (C=O) groups excluding carboxylic acids is 1. The van der Waals surface area contributed by atoms with Crippen LogP contribution in [0.2, 0.25) is 0 Å². The molecular formula is C16H27NO4. The minimum Gasteiger partial charge on any atom is -0.459 e. The molecule has 0 radical (unpaired) electrons. The quantitative estimate of drug-likeness (QED) is 0.584. The van der Waals surface area contributed by atoms with Crippen LogP contribution in [0.25, 0.3) is 0 Å². The minimum atomic E-state index is -1.47. The third-order valence-corrected chi connectivity index (χ3v) is 4.90. The van der Waals surface area contributed by atoms with E-state index < -0.39 is 11.6 Å². The highest BCUT2D eigenvalue weighted by molar-refractivity contribution is 5.80. The highest BCUT2D eigenvalue weighted by atomic mass is 16.5. The summed E-state index contributed by atoms with van der Waals surface area (Å²) >= 11 is 0. The SMILES string of the molecule is CC(C)C(O)(C(=O)OCC1=CCN2CCC(O)C12)C(C)C. The first-order valence-corrected chi connectivity index (χ1v) is 7.79. The average Bonchev–Trinajstić information content (AvgIpc) is 2.98. The lowest BCUT2D eigenvalue weighted by atomic mass is 9.80. The zero-order chi connectivity index (χ0) is 15.8. The van der Waals surface area contributed by atoms with E-state index in [1.165, 1.54) is 0 Å². The van der Waals surface area contributed by atoms with Gasteiger partial charge in [-0.3, -0.25) is 4.90 Å². The van der Waals surface area contributed by atoms with Crippen LogP contribution in [0, 0.1) is 11.8 Å². The second kappa shape index (κ2) is 6.07. The van der Waals surface area contributed by atoms with Gasteiger partial charge in [0.15, 0.2) is 5.60 Å². The minimum absolute atomic E-state index is 0.0241. The average molecular weight is 297 g/mol. The molecule has 21 heavy (non-hydrogen) atoms. The number of rotatable bonds is 5. The van der Waals surface area contributed by atoms with Gasteiger partial charge in [-0.25, -0.2) is 4.79 Å². The number of nitrogens with zero attached hydrogens (tertiary/aromatic N) is 1. The second-order valence-corrected chi connectivity index (χ2v) is 6.79. The normalized spacial score (nSPS) is 26.4. The fraction of sp³-hybridized carbons (Fsp3) is 0.812. The molecule has 1 saturated heterocycles. The van der Waals surface area contributed by atoms with Crippen LogP contribution in [-0.2, 0) is 9.53 Å². The van der Waals surface area contributed by atoms with Crippen LogP contribution in [0.15, 0.2) is 11.6 Å². The van der Waals surface area contributed by atoms with E-state index in [0.29, 0.717) is 0 Å². The Kier molecular flexibility index (Phi) is 4.76. The summed E-state index contributed by atoms with van der Waals surface area (Å²) in [6, 6.07) is -0.0241. The molecule has 0 aromatic heterocycles. The predicted octanol–water partition coefficient (Wildman–Crippen LogP) is 0.948. The van der Waals surface area contributed by atoms with Crippen molar-refractivity contribution in [1.82, 2.24) is 4.90 Å².